The minimum atomic E-state index is -3.31. The van der Waals surface area contributed by atoms with E-state index in [-0.39, 0.29) is 30.0 Å². The number of benzene rings is 1. The van der Waals surface area contributed by atoms with Crippen molar-refractivity contribution in [1.82, 2.24) is 9.62 Å². The number of piperazine rings is 1. The highest BCUT2D eigenvalue weighted by atomic mass is 35.5. The average molecular weight is 309 g/mol. The summed E-state index contributed by atoms with van der Waals surface area (Å²) in [5, 5.41) is 3.20. The van der Waals surface area contributed by atoms with Crippen LogP contribution in [0.15, 0.2) is 24.3 Å². The highest BCUT2D eigenvalue weighted by Crippen LogP contribution is 2.13. The number of nitrogens with zero attached hydrogens (tertiary/aromatic N) is 1. The fraction of sp³-hybridized carbons (Fsp3) is 0.500. The molecule has 0 bridgehead atoms. The largest absolute Gasteiger partial charge is 0.312 e. The van der Waals surface area contributed by atoms with Crippen LogP contribution in [-0.2, 0) is 15.8 Å². The van der Waals surface area contributed by atoms with Crippen LogP contribution in [0.4, 0.5) is 4.39 Å². The molecule has 0 spiro atoms. The van der Waals surface area contributed by atoms with Gasteiger partial charge in [0.2, 0.25) is 10.0 Å². The van der Waals surface area contributed by atoms with E-state index in [2.05, 4.69) is 5.32 Å². The SMILES string of the molecule is CC1CN(S(=O)(=O)Cc2ccc(F)cc2)CCN1.Cl. The number of hydrogen-bond acceptors (Lipinski definition) is 3. The highest BCUT2D eigenvalue weighted by Gasteiger charge is 2.26. The Balaban J connectivity index is 0.00000180. The molecule has 1 fully saturated rings. The molecule has 1 aliphatic heterocycles. The van der Waals surface area contributed by atoms with Gasteiger partial charge in [-0.3, -0.25) is 0 Å². The zero-order chi connectivity index (χ0) is 13.2. The second-order valence-corrected chi connectivity index (χ2v) is 6.56. The second kappa shape index (κ2) is 6.65. The first kappa shape index (κ1) is 16.4. The Morgan fingerprint density at radius 3 is 2.58 bits per heavy atom. The van der Waals surface area contributed by atoms with Crippen molar-refractivity contribution in [1.29, 1.82) is 0 Å². The minimum absolute atomic E-state index is 0. The van der Waals surface area contributed by atoms with Gasteiger partial charge in [0.1, 0.15) is 5.82 Å². The van der Waals surface area contributed by atoms with E-state index in [4.69, 9.17) is 0 Å². The summed E-state index contributed by atoms with van der Waals surface area (Å²) in [7, 11) is -3.31. The van der Waals surface area contributed by atoms with E-state index < -0.39 is 10.0 Å². The molecule has 1 saturated heterocycles. The van der Waals surface area contributed by atoms with Crippen LogP contribution in [0.25, 0.3) is 0 Å². The molecule has 1 atom stereocenters. The molecule has 1 aromatic rings. The van der Waals surface area contributed by atoms with E-state index in [0.29, 0.717) is 25.2 Å². The first-order valence-electron chi connectivity index (χ1n) is 5.93. The van der Waals surface area contributed by atoms with Gasteiger partial charge in [-0.15, -0.1) is 12.4 Å². The predicted molar refractivity (Wildman–Crippen MR) is 75.3 cm³/mol. The molecule has 1 unspecified atom stereocenters. The van der Waals surface area contributed by atoms with Crippen molar-refractivity contribution in [3.05, 3.63) is 35.6 Å². The molecule has 1 N–H and O–H groups in total. The molecular formula is C12H18ClFN2O2S. The molecular weight excluding hydrogens is 291 g/mol. The number of hydrogen-bond donors (Lipinski definition) is 1. The maximum Gasteiger partial charge on any atom is 0.218 e. The molecule has 7 heteroatoms. The summed E-state index contributed by atoms with van der Waals surface area (Å²) in [6.07, 6.45) is 0. The van der Waals surface area contributed by atoms with Crippen LogP contribution in [-0.4, -0.2) is 38.4 Å². The van der Waals surface area contributed by atoms with Gasteiger partial charge in [-0.1, -0.05) is 12.1 Å². The van der Waals surface area contributed by atoms with E-state index in [1.807, 2.05) is 6.92 Å². The standard InChI is InChI=1S/C12H17FN2O2S.ClH/c1-10-8-15(7-6-14-10)18(16,17)9-11-2-4-12(13)5-3-11;/h2-5,10,14H,6-9H2,1H3;1H. The molecule has 0 radical (unpaired) electrons. The van der Waals surface area contributed by atoms with E-state index in [9.17, 15) is 12.8 Å². The van der Waals surface area contributed by atoms with Crippen LogP contribution in [0, 0.1) is 5.82 Å². The fourth-order valence-corrected chi connectivity index (χ4v) is 3.65. The zero-order valence-corrected chi connectivity index (χ0v) is 12.3. The van der Waals surface area contributed by atoms with Gasteiger partial charge < -0.3 is 5.32 Å². The van der Waals surface area contributed by atoms with Crippen molar-refractivity contribution in [3.8, 4) is 0 Å². The van der Waals surface area contributed by atoms with E-state index in [1.165, 1.54) is 28.6 Å². The van der Waals surface area contributed by atoms with Crippen LogP contribution >= 0.6 is 12.4 Å². The molecule has 1 aliphatic rings. The average Bonchev–Trinajstić information content (AvgIpc) is 2.32. The van der Waals surface area contributed by atoms with Crippen molar-refractivity contribution >= 4 is 22.4 Å². The number of rotatable bonds is 3. The highest BCUT2D eigenvalue weighted by molar-refractivity contribution is 7.88. The van der Waals surface area contributed by atoms with Crippen LogP contribution in [0.1, 0.15) is 12.5 Å². The third-order valence-electron chi connectivity index (χ3n) is 2.99. The quantitative estimate of drug-likeness (QED) is 0.917. The normalized spacial score (nSPS) is 20.8. The Bertz CT molecular complexity index is 507. The molecule has 1 aromatic carbocycles. The van der Waals surface area contributed by atoms with Gasteiger partial charge >= 0.3 is 0 Å². The lowest BCUT2D eigenvalue weighted by atomic mass is 10.2. The second-order valence-electron chi connectivity index (χ2n) is 4.60. The number of halogens is 2. The van der Waals surface area contributed by atoms with E-state index >= 15 is 0 Å². The van der Waals surface area contributed by atoms with E-state index in [1.54, 1.807) is 0 Å². The van der Waals surface area contributed by atoms with Gasteiger partial charge in [0, 0.05) is 25.7 Å². The van der Waals surface area contributed by atoms with Gasteiger partial charge in [-0.2, -0.15) is 4.31 Å². The Morgan fingerprint density at radius 1 is 1.37 bits per heavy atom. The lowest BCUT2D eigenvalue weighted by Crippen LogP contribution is -2.51. The molecule has 0 aromatic heterocycles. The maximum absolute atomic E-state index is 12.8. The molecule has 2 rings (SSSR count). The Kier molecular flexibility index (Phi) is 5.73. The molecule has 0 aliphatic carbocycles. The molecule has 0 saturated carbocycles. The summed E-state index contributed by atoms with van der Waals surface area (Å²) in [4.78, 5) is 0. The molecule has 4 nitrogen and oxygen atoms in total. The van der Waals surface area contributed by atoms with Crippen LogP contribution in [0.2, 0.25) is 0 Å². The minimum Gasteiger partial charge on any atom is -0.312 e. The predicted octanol–water partition coefficient (Wildman–Crippen LogP) is 1.37. The summed E-state index contributed by atoms with van der Waals surface area (Å²) in [5.41, 5.74) is 0.614. The van der Waals surface area contributed by atoms with Gasteiger partial charge in [-0.25, -0.2) is 12.8 Å². The molecule has 1 heterocycles. The first-order chi connectivity index (χ1) is 8.47. The van der Waals surface area contributed by atoms with Crippen molar-refractivity contribution in [2.24, 2.45) is 0 Å². The third-order valence-corrected chi connectivity index (χ3v) is 4.80. The summed E-state index contributed by atoms with van der Waals surface area (Å²) in [6.45, 7) is 3.61. The van der Waals surface area contributed by atoms with Gasteiger partial charge in [0.05, 0.1) is 5.75 Å². The van der Waals surface area contributed by atoms with Crippen LogP contribution in [0.3, 0.4) is 0 Å². The van der Waals surface area contributed by atoms with Gasteiger partial charge in [-0.05, 0) is 24.6 Å². The van der Waals surface area contributed by atoms with Gasteiger partial charge in [0.25, 0.3) is 0 Å². The van der Waals surface area contributed by atoms with Crippen molar-refractivity contribution in [3.63, 3.8) is 0 Å². The van der Waals surface area contributed by atoms with Crippen molar-refractivity contribution in [2.45, 2.75) is 18.7 Å². The lowest BCUT2D eigenvalue weighted by Gasteiger charge is -2.31. The Morgan fingerprint density at radius 2 is 2.00 bits per heavy atom. The summed E-state index contributed by atoms with van der Waals surface area (Å²) < 4.78 is 38.6. The molecule has 108 valence electrons. The summed E-state index contributed by atoms with van der Waals surface area (Å²) >= 11 is 0. The molecule has 19 heavy (non-hydrogen) atoms. The number of nitrogens with one attached hydrogen (secondary N) is 1. The Labute approximate surface area is 119 Å². The lowest BCUT2D eigenvalue weighted by molar-refractivity contribution is 0.310. The van der Waals surface area contributed by atoms with E-state index in [0.717, 1.165) is 0 Å². The van der Waals surface area contributed by atoms with Crippen LogP contribution in [0.5, 0.6) is 0 Å². The monoisotopic (exact) mass is 308 g/mol. The zero-order valence-electron chi connectivity index (χ0n) is 10.7. The maximum atomic E-state index is 12.8. The summed E-state index contributed by atoms with van der Waals surface area (Å²) in [5.74, 6) is -0.424. The summed E-state index contributed by atoms with van der Waals surface area (Å²) in [6, 6.07) is 5.76. The topological polar surface area (TPSA) is 49.4 Å². The van der Waals surface area contributed by atoms with Crippen molar-refractivity contribution in [2.75, 3.05) is 19.6 Å². The first-order valence-corrected chi connectivity index (χ1v) is 7.54. The van der Waals surface area contributed by atoms with Gasteiger partial charge in [0.15, 0.2) is 0 Å². The smallest absolute Gasteiger partial charge is 0.218 e. The Hall–Kier alpha value is -0.690. The van der Waals surface area contributed by atoms with Crippen LogP contribution < -0.4 is 5.32 Å². The molecule has 0 amide bonds. The van der Waals surface area contributed by atoms with Crippen molar-refractivity contribution < 1.29 is 12.8 Å². The fourth-order valence-electron chi connectivity index (χ4n) is 2.03. The third kappa shape index (κ3) is 4.42. The number of sulfonamides is 1.